The quantitative estimate of drug-likeness (QED) is 0.802. The minimum absolute atomic E-state index is 0.0221. The average molecular weight is 375 g/mol. The molecule has 0 saturated carbocycles. The highest BCUT2D eigenvalue weighted by Gasteiger charge is 2.22. The number of thiophene rings is 1. The molecule has 8 heteroatoms. The number of nitrogens with zero attached hydrogens (tertiary/aromatic N) is 1. The van der Waals surface area contributed by atoms with E-state index in [0.717, 1.165) is 19.3 Å². The number of carbonyl (C=O) groups is 1. The van der Waals surface area contributed by atoms with Crippen LogP contribution in [0.2, 0.25) is 0 Å². The molecule has 1 heterocycles. The van der Waals surface area contributed by atoms with Crippen LogP contribution in [0.4, 0.5) is 0 Å². The number of fused-ring (bicyclic) bond motifs is 1. The Hall–Kier alpha value is -2.21. The number of sulfonamides is 1. The summed E-state index contributed by atoms with van der Waals surface area (Å²) < 4.78 is 24.4. The molecule has 1 amide bonds. The number of carbonyl (C=O) groups excluding carboxylic acids is 1. The molecule has 0 radical (unpaired) electrons. The number of nitrogens with one attached hydrogen (secondary N) is 2. The molecule has 1 atom stereocenters. The minimum Gasteiger partial charge on any atom is -0.273 e. The summed E-state index contributed by atoms with van der Waals surface area (Å²) in [5, 5.41) is 8.75. The molecular weight excluding hydrogens is 358 g/mol. The molecule has 3 rings (SSSR count). The topological polar surface area (TPSA) is 99.1 Å². The van der Waals surface area contributed by atoms with Crippen LogP contribution in [0.1, 0.15) is 39.0 Å². The van der Waals surface area contributed by atoms with Crippen molar-refractivity contribution in [2.75, 3.05) is 0 Å². The van der Waals surface area contributed by atoms with E-state index in [2.05, 4.69) is 17.2 Å². The lowest BCUT2D eigenvalue weighted by molar-refractivity contribution is 0.0949. The summed E-state index contributed by atoms with van der Waals surface area (Å²) in [5.74, 6) is 0.136. The van der Waals surface area contributed by atoms with Crippen molar-refractivity contribution in [3.05, 3.63) is 51.2 Å². The van der Waals surface area contributed by atoms with Crippen LogP contribution >= 0.6 is 11.3 Å². The average Bonchev–Trinajstić information content (AvgIpc) is 3.03. The summed E-state index contributed by atoms with van der Waals surface area (Å²) in [6, 6.07) is 9.22. The predicted molar refractivity (Wildman–Crippen MR) is 94.5 cm³/mol. The zero-order chi connectivity index (χ0) is 18.0. The van der Waals surface area contributed by atoms with Gasteiger partial charge in [0.15, 0.2) is 0 Å². The summed E-state index contributed by atoms with van der Waals surface area (Å²) in [7, 11) is -3.89. The highest BCUT2D eigenvalue weighted by Crippen LogP contribution is 2.32. The van der Waals surface area contributed by atoms with Crippen molar-refractivity contribution in [2.24, 2.45) is 5.92 Å². The fraction of sp³-hybridized carbons (Fsp3) is 0.294. The molecule has 0 aliphatic heterocycles. The monoisotopic (exact) mass is 375 g/mol. The van der Waals surface area contributed by atoms with Gasteiger partial charge in [-0.1, -0.05) is 6.92 Å². The van der Waals surface area contributed by atoms with Gasteiger partial charge >= 0.3 is 0 Å². The fourth-order valence-electron chi connectivity index (χ4n) is 2.76. The van der Waals surface area contributed by atoms with Crippen molar-refractivity contribution in [3.63, 3.8) is 0 Å². The van der Waals surface area contributed by atoms with E-state index in [0.29, 0.717) is 16.4 Å². The molecule has 0 saturated heterocycles. The van der Waals surface area contributed by atoms with E-state index in [1.807, 2.05) is 12.1 Å². The predicted octanol–water partition coefficient (Wildman–Crippen LogP) is 2.37. The maximum absolute atomic E-state index is 12.3. The number of benzene rings is 1. The Kier molecular flexibility index (Phi) is 4.90. The third-order valence-corrected chi connectivity index (χ3v) is 6.65. The summed E-state index contributed by atoms with van der Waals surface area (Å²) in [6.45, 7) is 2.19. The molecule has 0 unspecified atom stereocenters. The molecular formula is C17H17N3O3S2. The summed E-state index contributed by atoms with van der Waals surface area (Å²) in [5.41, 5.74) is 3.80. The van der Waals surface area contributed by atoms with Crippen LogP contribution < -0.4 is 10.3 Å². The second-order valence-electron chi connectivity index (χ2n) is 6.10. The number of hydrogen-bond donors (Lipinski definition) is 2. The Morgan fingerprint density at radius 2 is 2.04 bits per heavy atom. The first-order valence-corrected chi connectivity index (χ1v) is 10.1. The summed E-state index contributed by atoms with van der Waals surface area (Å²) >= 11 is 1.41. The van der Waals surface area contributed by atoms with Gasteiger partial charge in [-0.3, -0.25) is 10.2 Å². The molecule has 6 nitrogen and oxygen atoms in total. The van der Waals surface area contributed by atoms with Gasteiger partial charge in [-0.05, 0) is 61.1 Å². The van der Waals surface area contributed by atoms with Gasteiger partial charge in [0.05, 0.1) is 21.4 Å². The van der Waals surface area contributed by atoms with Crippen molar-refractivity contribution >= 4 is 27.3 Å². The molecule has 0 fully saturated rings. The van der Waals surface area contributed by atoms with Crippen LogP contribution in [-0.4, -0.2) is 14.3 Å². The Bertz CT molecular complexity index is 941. The van der Waals surface area contributed by atoms with E-state index in [1.54, 1.807) is 0 Å². The van der Waals surface area contributed by atoms with E-state index in [4.69, 9.17) is 5.26 Å². The van der Waals surface area contributed by atoms with Crippen molar-refractivity contribution in [3.8, 4) is 6.07 Å². The first kappa shape index (κ1) is 17.6. The van der Waals surface area contributed by atoms with Crippen molar-refractivity contribution < 1.29 is 13.2 Å². The SMILES string of the molecule is C[C@H]1CCc2sc(C(=O)NNS(=O)(=O)c3ccc(C#N)cc3)cc2C1. The Labute approximate surface area is 150 Å². The first-order chi connectivity index (χ1) is 11.9. The number of hydrogen-bond acceptors (Lipinski definition) is 5. The van der Waals surface area contributed by atoms with Gasteiger partial charge in [0.25, 0.3) is 15.9 Å². The minimum atomic E-state index is -3.89. The molecule has 2 N–H and O–H groups in total. The van der Waals surface area contributed by atoms with Crippen LogP contribution in [0.5, 0.6) is 0 Å². The van der Waals surface area contributed by atoms with Gasteiger partial charge in [-0.25, -0.2) is 8.42 Å². The molecule has 0 bridgehead atoms. The van der Waals surface area contributed by atoms with E-state index >= 15 is 0 Å². The molecule has 1 aromatic heterocycles. The molecule has 1 aliphatic carbocycles. The third-order valence-electron chi connectivity index (χ3n) is 4.15. The Balaban J connectivity index is 1.68. The number of hydrazine groups is 1. The van der Waals surface area contributed by atoms with Crippen LogP contribution in [0.15, 0.2) is 35.2 Å². The van der Waals surface area contributed by atoms with Gasteiger partial charge in [-0.2, -0.15) is 5.26 Å². The van der Waals surface area contributed by atoms with E-state index in [9.17, 15) is 13.2 Å². The molecule has 0 spiro atoms. The smallest absolute Gasteiger partial charge is 0.273 e. The Morgan fingerprint density at radius 3 is 2.72 bits per heavy atom. The molecule has 25 heavy (non-hydrogen) atoms. The zero-order valence-corrected chi connectivity index (χ0v) is 15.2. The van der Waals surface area contributed by atoms with Crippen LogP contribution in [0, 0.1) is 17.2 Å². The standard InChI is InChI=1S/C17H17N3O3S2/c1-11-2-7-15-13(8-11)9-16(24-15)17(21)19-20-25(22,23)14-5-3-12(10-18)4-6-14/h3-6,9,11,20H,2,7-8H2,1H3,(H,19,21)/t11-/m0/s1. The summed E-state index contributed by atoms with van der Waals surface area (Å²) in [6.07, 6.45) is 3.03. The van der Waals surface area contributed by atoms with E-state index < -0.39 is 15.9 Å². The third kappa shape index (κ3) is 3.90. The number of amides is 1. The zero-order valence-electron chi connectivity index (χ0n) is 13.6. The largest absolute Gasteiger partial charge is 0.276 e. The highest BCUT2D eigenvalue weighted by atomic mass is 32.2. The van der Waals surface area contributed by atoms with Crippen LogP contribution in [0.25, 0.3) is 0 Å². The summed E-state index contributed by atoms with van der Waals surface area (Å²) in [4.78, 5) is 16.0. The van der Waals surface area contributed by atoms with Gasteiger partial charge < -0.3 is 0 Å². The second-order valence-corrected chi connectivity index (χ2v) is 8.92. The van der Waals surface area contributed by atoms with Crippen molar-refractivity contribution in [1.82, 2.24) is 10.3 Å². The Morgan fingerprint density at radius 1 is 1.32 bits per heavy atom. The van der Waals surface area contributed by atoms with Gasteiger partial charge in [0, 0.05) is 4.88 Å². The molecule has 130 valence electrons. The van der Waals surface area contributed by atoms with Gasteiger partial charge in [0.2, 0.25) is 0 Å². The number of aryl methyl sites for hydroxylation is 1. The lowest BCUT2D eigenvalue weighted by Gasteiger charge is -2.16. The van der Waals surface area contributed by atoms with E-state index in [-0.39, 0.29) is 4.90 Å². The van der Waals surface area contributed by atoms with E-state index in [1.165, 1.54) is 46.0 Å². The maximum atomic E-state index is 12.3. The lowest BCUT2D eigenvalue weighted by Crippen LogP contribution is -2.41. The first-order valence-electron chi connectivity index (χ1n) is 7.83. The fourth-order valence-corrected chi connectivity index (χ4v) is 4.70. The van der Waals surface area contributed by atoms with Gasteiger partial charge in [0.1, 0.15) is 0 Å². The maximum Gasteiger partial charge on any atom is 0.276 e. The molecule has 2 aromatic rings. The highest BCUT2D eigenvalue weighted by molar-refractivity contribution is 7.89. The second kappa shape index (κ2) is 6.96. The number of nitriles is 1. The van der Waals surface area contributed by atoms with Crippen LogP contribution in [-0.2, 0) is 22.9 Å². The van der Waals surface area contributed by atoms with Crippen molar-refractivity contribution in [1.29, 1.82) is 5.26 Å². The number of rotatable bonds is 4. The molecule has 1 aliphatic rings. The lowest BCUT2D eigenvalue weighted by atomic mass is 9.90. The molecule has 1 aromatic carbocycles. The normalized spacial score (nSPS) is 16.7. The van der Waals surface area contributed by atoms with Crippen LogP contribution in [0.3, 0.4) is 0 Å². The van der Waals surface area contributed by atoms with Crippen molar-refractivity contribution in [2.45, 2.75) is 31.1 Å². The van der Waals surface area contributed by atoms with Gasteiger partial charge in [-0.15, -0.1) is 16.2 Å².